The molecule has 2 amide bonds. The minimum absolute atomic E-state index is 0.0622. The van der Waals surface area contributed by atoms with Crippen LogP contribution in [0.25, 0.3) is 11.0 Å². The van der Waals surface area contributed by atoms with Gasteiger partial charge in [-0.1, -0.05) is 35.9 Å². The molecule has 0 aliphatic carbocycles. The quantitative estimate of drug-likeness (QED) is 0.420. The summed E-state index contributed by atoms with van der Waals surface area (Å²) >= 11 is 0. The molecule has 4 aromatic rings. The summed E-state index contributed by atoms with van der Waals surface area (Å²) in [5.74, 6) is 1.47. The molecule has 8 nitrogen and oxygen atoms in total. The van der Waals surface area contributed by atoms with Crippen LogP contribution in [-0.2, 0) is 18.4 Å². The van der Waals surface area contributed by atoms with Crippen LogP contribution in [0.2, 0.25) is 0 Å². The summed E-state index contributed by atoms with van der Waals surface area (Å²) < 4.78 is 7.66. The third kappa shape index (κ3) is 5.81. The van der Waals surface area contributed by atoms with Crippen molar-refractivity contribution in [2.45, 2.75) is 13.5 Å². The topological polar surface area (TPSA) is 79.7 Å². The van der Waals surface area contributed by atoms with Gasteiger partial charge in [0.15, 0.2) is 6.61 Å². The minimum Gasteiger partial charge on any atom is -0.484 e. The molecule has 1 N–H and O–H groups in total. The fraction of sp³-hybridized carbons (Fsp3) is 0.276. The van der Waals surface area contributed by atoms with E-state index in [1.165, 1.54) is 0 Å². The molecule has 1 saturated heterocycles. The number of fused-ring (bicyclic) bond motifs is 1. The predicted molar refractivity (Wildman–Crippen MR) is 144 cm³/mol. The molecule has 1 aliphatic heterocycles. The summed E-state index contributed by atoms with van der Waals surface area (Å²) in [6.45, 7) is 5.62. The van der Waals surface area contributed by atoms with Gasteiger partial charge in [0.1, 0.15) is 11.6 Å². The molecule has 37 heavy (non-hydrogen) atoms. The van der Waals surface area contributed by atoms with E-state index in [2.05, 4.69) is 14.8 Å². The van der Waals surface area contributed by atoms with E-state index in [1.807, 2.05) is 91.7 Å². The number of benzene rings is 3. The molecule has 0 saturated carbocycles. The first-order valence-corrected chi connectivity index (χ1v) is 12.5. The Balaban J connectivity index is 1.17. The summed E-state index contributed by atoms with van der Waals surface area (Å²) in [7, 11) is 2.01. The van der Waals surface area contributed by atoms with Crippen molar-refractivity contribution in [1.29, 1.82) is 0 Å². The van der Waals surface area contributed by atoms with Gasteiger partial charge in [-0.05, 0) is 49.4 Å². The monoisotopic (exact) mass is 497 g/mol. The Morgan fingerprint density at radius 3 is 2.41 bits per heavy atom. The SMILES string of the molecule is Cc1ccc(OCC(=O)Nc2ccc3c(c2)nc(CN2CCN(C(=O)c4ccccc4)CC2)n3C)cc1. The third-order valence-electron chi connectivity index (χ3n) is 6.69. The molecule has 1 aliphatic rings. The lowest BCUT2D eigenvalue weighted by Crippen LogP contribution is -2.48. The van der Waals surface area contributed by atoms with Gasteiger partial charge in [0.25, 0.3) is 11.8 Å². The molecule has 8 heteroatoms. The maximum atomic E-state index is 12.7. The number of imidazole rings is 1. The minimum atomic E-state index is -0.223. The molecule has 3 aromatic carbocycles. The molecule has 5 rings (SSSR count). The summed E-state index contributed by atoms with van der Waals surface area (Å²) in [5, 5.41) is 2.89. The molecule has 2 heterocycles. The number of ether oxygens (including phenoxy) is 1. The molecular weight excluding hydrogens is 466 g/mol. The number of aryl methyl sites for hydroxylation is 2. The van der Waals surface area contributed by atoms with Crippen molar-refractivity contribution in [2.24, 2.45) is 7.05 Å². The second-order valence-corrected chi connectivity index (χ2v) is 9.37. The van der Waals surface area contributed by atoms with Gasteiger partial charge in [-0.15, -0.1) is 0 Å². The van der Waals surface area contributed by atoms with E-state index >= 15 is 0 Å². The van der Waals surface area contributed by atoms with Crippen molar-refractivity contribution in [3.05, 3.63) is 89.7 Å². The van der Waals surface area contributed by atoms with E-state index in [-0.39, 0.29) is 18.4 Å². The zero-order valence-electron chi connectivity index (χ0n) is 21.2. The van der Waals surface area contributed by atoms with Crippen LogP contribution < -0.4 is 10.1 Å². The van der Waals surface area contributed by atoms with Crippen molar-refractivity contribution in [1.82, 2.24) is 19.4 Å². The second-order valence-electron chi connectivity index (χ2n) is 9.37. The van der Waals surface area contributed by atoms with E-state index in [4.69, 9.17) is 9.72 Å². The molecule has 1 fully saturated rings. The molecule has 0 atom stereocenters. The van der Waals surface area contributed by atoms with Crippen molar-refractivity contribution in [3.8, 4) is 5.75 Å². The Bertz CT molecular complexity index is 1390. The van der Waals surface area contributed by atoms with E-state index in [9.17, 15) is 9.59 Å². The van der Waals surface area contributed by atoms with Crippen molar-refractivity contribution in [3.63, 3.8) is 0 Å². The molecular formula is C29H31N5O3. The van der Waals surface area contributed by atoms with Crippen molar-refractivity contribution >= 4 is 28.5 Å². The predicted octanol–water partition coefficient (Wildman–Crippen LogP) is 3.86. The highest BCUT2D eigenvalue weighted by atomic mass is 16.5. The van der Waals surface area contributed by atoms with Crippen LogP contribution in [0.15, 0.2) is 72.8 Å². The van der Waals surface area contributed by atoms with Gasteiger partial charge in [-0.25, -0.2) is 4.98 Å². The fourth-order valence-corrected chi connectivity index (χ4v) is 4.52. The number of nitrogens with one attached hydrogen (secondary N) is 1. The van der Waals surface area contributed by atoms with Gasteiger partial charge in [0.05, 0.1) is 17.6 Å². The zero-order chi connectivity index (χ0) is 25.8. The number of hydrogen-bond donors (Lipinski definition) is 1. The lowest BCUT2D eigenvalue weighted by molar-refractivity contribution is -0.118. The van der Waals surface area contributed by atoms with Crippen LogP contribution in [-0.4, -0.2) is 64.0 Å². The number of anilines is 1. The number of hydrogen-bond acceptors (Lipinski definition) is 5. The first kappa shape index (κ1) is 24.5. The molecule has 0 unspecified atom stereocenters. The van der Waals surface area contributed by atoms with Crippen molar-refractivity contribution in [2.75, 3.05) is 38.1 Å². The van der Waals surface area contributed by atoms with Crippen LogP contribution in [0.5, 0.6) is 5.75 Å². The van der Waals surface area contributed by atoms with Gasteiger partial charge in [-0.2, -0.15) is 0 Å². The number of aromatic nitrogens is 2. The standard InChI is InChI=1S/C29H31N5O3/c1-21-8-11-24(12-9-21)37-20-28(35)30-23-10-13-26-25(18-23)31-27(32(26)2)19-33-14-16-34(17-15-33)29(36)22-6-4-3-5-7-22/h3-13,18H,14-17,19-20H2,1-2H3,(H,30,35). The second kappa shape index (κ2) is 10.8. The summed E-state index contributed by atoms with van der Waals surface area (Å²) in [6, 6.07) is 22.8. The lowest BCUT2D eigenvalue weighted by atomic mass is 10.2. The van der Waals surface area contributed by atoms with Gasteiger partial charge in [0.2, 0.25) is 0 Å². The number of rotatable bonds is 7. The Morgan fingerprint density at radius 2 is 1.68 bits per heavy atom. The molecule has 190 valence electrons. The van der Waals surface area contributed by atoms with E-state index in [0.29, 0.717) is 31.1 Å². The smallest absolute Gasteiger partial charge is 0.262 e. The average molecular weight is 498 g/mol. The number of amides is 2. The lowest BCUT2D eigenvalue weighted by Gasteiger charge is -2.34. The van der Waals surface area contributed by atoms with Crippen LogP contribution in [0.1, 0.15) is 21.7 Å². The fourth-order valence-electron chi connectivity index (χ4n) is 4.52. The van der Waals surface area contributed by atoms with Gasteiger partial charge < -0.3 is 19.5 Å². The first-order chi connectivity index (χ1) is 18.0. The maximum absolute atomic E-state index is 12.7. The molecule has 0 spiro atoms. The van der Waals surface area contributed by atoms with Gasteiger partial charge >= 0.3 is 0 Å². The number of carbonyl (C=O) groups excluding carboxylic acids is 2. The molecule has 1 aromatic heterocycles. The van der Waals surface area contributed by atoms with Gasteiger partial charge in [0, 0.05) is 44.5 Å². The Kier molecular flexibility index (Phi) is 7.18. The summed E-state index contributed by atoms with van der Waals surface area (Å²) in [6.07, 6.45) is 0. The highest BCUT2D eigenvalue weighted by molar-refractivity contribution is 5.94. The highest BCUT2D eigenvalue weighted by Crippen LogP contribution is 2.21. The van der Waals surface area contributed by atoms with Crippen molar-refractivity contribution < 1.29 is 14.3 Å². The zero-order valence-corrected chi connectivity index (χ0v) is 21.2. The third-order valence-corrected chi connectivity index (χ3v) is 6.69. The Labute approximate surface area is 216 Å². The normalized spacial score (nSPS) is 14.1. The summed E-state index contributed by atoms with van der Waals surface area (Å²) in [5.41, 5.74) is 4.38. The Hall–Kier alpha value is -4.17. The first-order valence-electron chi connectivity index (χ1n) is 12.5. The Morgan fingerprint density at radius 1 is 0.946 bits per heavy atom. The highest BCUT2D eigenvalue weighted by Gasteiger charge is 2.23. The van der Waals surface area contributed by atoms with Crippen LogP contribution >= 0.6 is 0 Å². The van der Waals surface area contributed by atoms with E-state index in [1.54, 1.807) is 0 Å². The molecule has 0 radical (unpaired) electrons. The van der Waals surface area contributed by atoms with E-state index in [0.717, 1.165) is 41.1 Å². The van der Waals surface area contributed by atoms with Gasteiger partial charge in [-0.3, -0.25) is 14.5 Å². The summed E-state index contributed by atoms with van der Waals surface area (Å²) in [4.78, 5) is 34.2. The largest absolute Gasteiger partial charge is 0.484 e. The van der Waals surface area contributed by atoms with E-state index < -0.39 is 0 Å². The number of piperazine rings is 1. The average Bonchev–Trinajstić information content (AvgIpc) is 3.23. The maximum Gasteiger partial charge on any atom is 0.262 e. The van der Waals surface area contributed by atoms with Crippen LogP contribution in [0, 0.1) is 6.92 Å². The number of nitrogens with zero attached hydrogens (tertiary/aromatic N) is 4. The van der Waals surface area contributed by atoms with Crippen LogP contribution in [0.4, 0.5) is 5.69 Å². The number of carbonyl (C=O) groups is 2. The van der Waals surface area contributed by atoms with Crippen LogP contribution in [0.3, 0.4) is 0 Å². The molecule has 0 bridgehead atoms.